The molecule has 0 saturated heterocycles. The van der Waals surface area contributed by atoms with Gasteiger partial charge >= 0.3 is 0 Å². The van der Waals surface area contributed by atoms with E-state index >= 15 is 0 Å². The van der Waals surface area contributed by atoms with E-state index in [1.807, 2.05) is 0 Å². The van der Waals surface area contributed by atoms with Crippen molar-refractivity contribution >= 4 is 23.3 Å². The van der Waals surface area contributed by atoms with Crippen molar-refractivity contribution in [3.8, 4) is 0 Å². The second-order valence-corrected chi connectivity index (χ2v) is 3.05. The van der Waals surface area contributed by atoms with Crippen molar-refractivity contribution in [1.29, 1.82) is 0 Å². The Morgan fingerprint density at radius 3 is 2.80 bits per heavy atom. The zero-order valence-electron chi connectivity index (χ0n) is 7.44. The molecule has 0 aromatic carbocycles. The summed E-state index contributed by atoms with van der Waals surface area (Å²) in [6.45, 7) is 0. The Morgan fingerprint density at radius 1 is 1.33 bits per heavy atom. The minimum atomic E-state index is -0.305. The van der Waals surface area contributed by atoms with Crippen LogP contribution in [0.15, 0.2) is 24.8 Å². The van der Waals surface area contributed by atoms with Crippen molar-refractivity contribution in [3.05, 3.63) is 35.5 Å². The Hall–Kier alpha value is -1.95. The number of H-pyrrole nitrogens is 1. The molecule has 2 aromatic heterocycles. The van der Waals surface area contributed by atoms with Gasteiger partial charge < -0.3 is 5.32 Å². The first-order valence-electron chi connectivity index (χ1n) is 4.03. The normalized spacial score (nSPS) is 9.93. The Kier molecular flexibility index (Phi) is 2.59. The molecule has 0 saturated carbocycles. The molecular weight excluding hydrogens is 218 g/mol. The van der Waals surface area contributed by atoms with Crippen LogP contribution in [0.5, 0.6) is 0 Å². The first kappa shape index (κ1) is 9.60. The lowest BCUT2D eigenvalue weighted by Gasteiger charge is -2.00. The van der Waals surface area contributed by atoms with Crippen LogP contribution in [-0.2, 0) is 0 Å². The minimum Gasteiger partial charge on any atom is -0.305 e. The van der Waals surface area contributed by atoms with Gasteiger partial charge in [0, 0.05) is 6.20 Å². The Morgan fingerprint density at radius 2 is 2.20 bits per heavy atom. The summed E-state index contributed by atoms with van der Waals surface area (Å²) >= 11 is 5.55. The monoisotopic (exact) mass is 223 g/mol. The fraction of sp³-hybridized carbons (Fsp3) is 0. The van der Waals surface area contributed by atoms with E-state index in [-0.39, 0.29) is 11.1 Å². The molecule has 2 heterocycles. The van der Waals surface area contributed by atoms with Crippen molar-refractivity contribution in [1.82, 2.24) is 20.2 Å². The SMILES string of the molecule is O=C(Nc1cnc(Cl)cn1)c1cn[nH]c1. The first-order valence-corrected chi connectivity index (χ1v) is 4.41. The lowest BCUT2D eigenvalue weighted by atomic mass is 10.3. The van der Waals surface area contributed by atoms with Crippen molar-refractivity contribution < 1.29 is 4.79 Å². The topological polar surface area (TPSA) is 83.6 Å². The summed E-state index contributed by atoms with van der Waals surface area (Å²) in [5.41, 5.74) is 0.423. The summed E-state index contributed by atoms with van der Waals surface area (Å²) in [5, 5.41) is 9.01. The Labute approximate surface area is 89.7 Å². The van der Waals surface area contributed by atoms with Crippen LogP contribution in [0.2, 0.25) is 5.15 Å². The van der Waals surface area contributed by atoms with Crippen molar-refractivity contribution in [2.24, 2.45) is 0 Å². The van der Waals surface area contributed by atoms with Crippen LogP contribution in [-0.4, -0.2) is 26.1 Å². The summed E-state index contributed by atoms with van der Waals surface area (Å²) in [6.07, 6.45) is 5.63. The van der Waals surface area contributed by atoms with E-state index in [4.69, 9.17) is 11.6 Å². The number of amides is 1. The molecule has 0 bridgehead atoms. The maximum atomic E-state index is 11.5. The third-order valence-electron chi connectivity index (χ3n) is 1.62. The highest BCUT2D eigenvalue weighted by atomic mass is 35.5. The number of carbonyl (C=O) groups is 1. The second-order valence-electron chi connectivity index (χ2n) is 2.67. The molecule has 0 radical (unpaired) electrons. The van der Waals surface area contributed by atoms with Gasteiger partial charge in [0.25, 0.3) is 5.91 Å². The number of hydrogen-bond acceptors (Lipinski definition) is 4. The van der Waals surface area contributed by atoms with Crippen LogP contribution in [0, 0.1) is 0 Å². The summed E-state index contributed by atoms with van der Waals surface area (Å²) in [4.78, 5) is 19.1. The molecule has 1 amide bonds. The number of hydrogen-bond donors (Lipinski definition) is 2. The van der Waals surface area contributed by atoms with Crippen molar-refractivity contribution in [2.45, 2.75) is 0 Å². The lowest BCUT2D eigenvalue weighted by molar-refractivity contribution is 0.102. The molecular formula is C8H6ClN5O. The van der Waals surface area contributed by atoms with E-state index in [1.165, 1.54) is 24.8 Å². The van der Waals surface area contributed by atoms with Gasteiger partial charge in [-0.3, -0.25) is 9.89 Å². The van der Waals surface area contributed by atoms with Gasteiger partial charge in [0.2, 0.25) is 0 Å². The summed E-state index contributed by atoms with van der Waals surface area (Å²) < 4.78 is 0. The van der Waals surface area contributed by atoms with E-state index < -0.39 is 0 Å². The minimum absolute atomic E-state index is 0.274. The van der Waals surface area contributed by atoms with E-state index in [1.54, 1.807) is 0 Å². The largest absolute Gasteiger partial charge is 0.305 e. The fourth-order valence-corrected chi connectivity index (χ4v) is 1.04. The van der Waals surface area contributed by atoms with Gasteiger partial charge in [-0.1, -0.05) is 11.6 Å². The summed E-state index contributed by atoms with van der Waals surface area (Å²) in [7, 11) is 0. The molecule has 0 fully saturated rings. The molecule has 0 aliphatic heterocycles. The van der Waals surface area contributed by atoms with Gasteiger partial charge in [-0.2, -0.15) is 5.10 Å². The van der Waals surface area contributed by atoms with Gasteiger partial charge in [0.05, 0.1) is 24.2 Å². The fourth-order valence-electron chi connectivity index (χ4n) is 0.940. The van der Waals surface area contributed by atoms with E-state index in [0.717, 1.165) is 0 Å². The average molecular weight is 224 g/mol. The maximum Gasteiger partial charge on any atom is 0.260 e. The van der Waals surface area contributed by atoms with Gasteiger partial charge in [0.15, 0.2) is 5.82 Å². The lowest BCUT2D eigenvalue weighted by Crippen LogP contribution is -2.12. The molecule has 2 aromatic rings. The predicted molar refractivity (Wildman–Crippen MR) is 53.6 cm³/mol. The number of nitrogens with zero attached hydrogens (tertiary/aromatic N) is 3. The highest BCUT2D eigenvalue weighted by Crippen LogP contribution is 2.06. The average Bonchev–Trinajstić information content (AvgIpc) is 2.74. The number of carbonyl (C=O) groups excluding carboxylic acids is 1. The number of rotatable bonds is 2. The molecule has 76 valence electrons. The van der Waals surface area contributed by atoms with E-state index in [2.05, 4.69) is 25.5 Å². The molecule has 0 unspecified atom stereocenters. The highest BCUT2D eigenvalue weighted by molar-refractivity contribution is 6.29. The second kappa shape index (κ2) is 4.05. The van der Waals surface area contributed by atoms with Gasteiger partial charge in [-0.05, 0) is 0 Å². The molecule has 6 nitrogen and oxygen atoms in total. The summed E-state index contributed by atoms with van der Waals surface area (Å²) in [6, 6.07) is 0. The van der Waals surface area contributed by atoms with Crippen LogP contribution in [0.25, 0.3) is 0 Å². The Bertz CT molecular complexity index is 452. The van der Waals surface area contributed by atoms with Crippen LogP contribution in [0.1, 0.15) is 10.4 Å². The quantitative estimate of drug-likeness (QED) is 0.799. The molecule has 2 rings (SSSR count). The maximum absolute atomic E-state index is 11.5. The van der Waals surface area contributed by atoms with E-state index in [9.17, 15) is 4.79 Å². The zero-order valence-corrected chi connectivity index (χ0v) is 8.19. The molecule has 0 aliphatic carbocycles. The highest BCUT2D eigenvalue weighted by Gasteiger charge is 2.07. The van der Waals surface area contributed by atoms with Crippen LogP contribution < -0.4 is 5.32 Å². The summed E-state index contributed by atoms with van der Waals surface area (Å²) in [5.74, 6) is 0.0333. The van der Waals surface area contributed by atoms with Crippen LogP contribution >= 0.6 is 11.6 Å². The number of nitrogens with one attached hydrogen (secondary N) is 2. The predicted octanol–water partition coefficient (Wildman–Crippen LogP) is 1.11. The number of aromatic nitrogens is 4. The molecule has 2 N–H and O–H groups in total. The van der Waals surface area contributed by atoms with E-state index in [0.29, 0.717) is 11.4 Å². The van der Waals surface area contributed by atoms with Crippen molar-refractivity contribution in [3.63, 3.8) is 0 Å². The molecule has 0 aliphatic rings. The molecule has 0 spiro atoms. The number of anilines is 1. The standard InChI is InChI=1S/C8H6ClN5O/c9-6-3-11-7(4-10-6)14-8(15)5-1-12-13-2-5/h1-4H,(H,12,13)(H,11,14,15). The van der Waals surface area contributed by atoms with Crippen molar-refractivity contribution in [2.75, 3.05) is 5.32 Å². The van der Waals surface area contributed by atoms with Crippen LogP contribution in [0.4, 0.5) is 5.82 Å². The van der Waals surface area contributed by atoms with Gasteiger partial charge in [-0.25, -0.2) is 9.97 Å². The molecule has 7 heteroatoms. The molecule has 0 atom stereocenters. The first-order chi connectivity index (χ1) is 7.25. The smallest absolute Gasteiger partial charge is 0.260 e. The van der Waals surface area contributed by atoms with Crippen LogP contribution in [0.3, 0.4) is 0 Å². The number of halogens is 1. The molecule has 15 heavy (non-hydrogen) atoms. The number of aromatic amines is 1. The third-order valence-corrected chi connectivity index (χ3v) is 1.82. The third kappa shape index (κ3) is 2.29. The van der Waals surface area contributed by atoms with Gasteiger partial charge in [0.1, 0.15) is 5.15 Å². The van der Waals surface area contributed by atoms with Gasteiger partial charge in [-0.15, -0.1) is 0 Å². The Balaban J connectivity index is 2.09. The zero-order chi connectivity index (χ0) is 10.7.